The zero-order chi connectivity index (χ0) is 14.8. The Morgan fingerprint density at radius 2 is 1.90 bits per heavy atom. The molecule has 21 heavy (non-hydrogen) atoms. The van der Waals surface area contributed by atoms with Crippen LogP contribution in [-0.4, -0.2) is 12.9 Å². The Kier molecular flexibility index (Phi) is 3.78. The van der Waals surface area contributed by atoms with Crippen molar-refractivity contribution in [2.75, 3.05) is 7.11 Å². The molecule has 2 aromatic rings. The van der Waals surface area contributed by atoms with Crippen LogP contribution in [0.2, 0.25) is 0 Å². The van der Waals surface area contributed by atoms with E-state index in [9.17, 15) is 4.79 Å². The van der Waals surface area contributed by atoms with Crippen LogP contribution in [0.25, 0.3) is 0 Å². The van der Waals surface area contributed by atoms with E-state index in [1.54, 1.807) is 7.11 Å². The van der Waals surface area contributed by atoms with Crippen molar-refractivity contribution in [1.82, 2.24) is 0 Å². The quantitative estimate of drug-likeness (QED) is 0.793. The van der Waals surface area contributed by atoms with Crippen LogP contribution in [0.3, 0.4) is 0 Å². The van der Waals surface area contributed by atoms with Crippen molar-refractivity contribution in [2.45, 2.75) is 32.6 Å². The molecule has 1 aliphatic rings. The number of rotatable bonds is 4. The maximum atomic E-state index is 12.6. The van der Waals surface area contributed by atoms with Crippen LogP contribution in [0.4, 0.5) is 0 Å². The van der Waals surface area contributed by atoms with Crippen LogP contribution >= 0.6 is 0 Å². The summed E-state index contributed by atoms with van der Waals surface area (Å²) < 4.78 is 5.31. The van der Waals surface area contributed by atoms with E-state index in [-0.39, 0.29) is 5.78 Å². The lowest BCUT2D eigenvalue weighted by molar-refractivity contribution is 0.0990. The molecule has 1 aliphatic carbocycles. The molecule has 0 bridgehead atoms. The fraction of sp³-hybridized carbons (Fsp3) is 0.316. The zero-order valence-electron chi connectivity index (χ0n) is 12.6. The summed E-state index contributed by atoms with van der Waals surface area (Å²) >= 11 is 0. The van der Waals surface area contributed by atoms with E-state index in [2.05, 4.69) is 18.2 Å². The van der Waals surface area contributed by atoms with E-state index in [4.69, 9.17) is 4.74 Å². The Balaban J connectivity index is 1.85. The molecule has 0 spiro atoms. The second-order valence-corrected chi connectivity index (χ2v) is 5.76. The smallest absolute Gasteiger partial charge is 0.170 e. The third-order valence-corrected chi connectivity index (χ3v) is 4.18. The Hall–Kier alpha value is -2.09. The van der Waals surface area contributed by atoms with Crippen LogP contribution in [0.1, 0.15) is 39.0 Å². The largest absolute Gasteiger partial charge is 0.496 e. The van der Waals surface area contributed by atoms with Gasteiger partial charge in [0.1, 0.15) is 5.75 Å². The molecule has 0 aliphatic heterocycles. The normalized spacial score (nSPS) is 13.0. The highest BCUT2D eigenvalue weighted by Gasteiger charge is 2.15. The van der Waals surface area contributed by atoms with E-state index in [0.29, 0.717) is 17.7 Å². The predicted molar refractivity (Wildman–Crippen MR) is 84.2 cm³/mol. The summed E-state index contributed by atoms with van der Waals surface area (Å²) in [5, 5.41) is 0. The lowest BCUT2D eigenvalue weighted by Gasteiger charge is -2.09. The highest BCUT2D eigenvalue weighted by Crippen LogP contribution is 2.25. The summed E-state index contributed by atoms with van der Waals surface area (Å²) in [5.74, 6) is 0.778. The number of Topliss-reactive ketones (excluding diaryl/α,β-unsaturated/α-hetero) is 1. The third-order valence-electron chi connectivity index (χ3n) is 4.18. The van der Waals surface area contributed by atoms with E-state index in [0.717, 1.165) is 17.5 Å². The maximum absolute atomic E-state index is 12.6. The van der Waals surface area contributed by atoms with Crippen LogP contribution in [0.5, 0.6) is 5.75 Å². The fourth-order valence-corrected chi connectivity index (χ4v) is 3.06. The molecule has 2 aromatic carbocycles. The lowest BCUT2D eigenvalue weighted by Crippen LogP contribution is -2.06. The molecule has 0 N–H and O–H groups in total. The zero-order valence-corrected chi connectivity index (χ0v) is 12.6. The van der Waals surface area contributed by atoms with E-state index < -0.39 is 0 Å². The van der Waals surface area contributed by atoms with Gasteiger partial charge in [-0.2, -0.15) is 0 Å². The van der Waals surface area contributed by atoms with Gasteiger partial charge in [-0.05, 0) is 55.0 Å². The predicted octanol–water partition coefficient (Wildman–Crippen LogP) is 3.92. The second-order valence-electron chi connectivity index (χ2n) is 5.76. The lowest BCUT2D eigenvalue weighted by atomic mass is 9.98. The topological polar surface area (TPSA) is 26.3 Å². The van der Waals surface area contributed by atoms with Crippen molar-refractivity contribution >= 4 is 5.78 Å². The van der Waals surface area contributed by atoms with E-state index in [1.807, 2.05) is 25.1 Å². The number of ether oxygens (including phenoxy) is 1. The molecule has 0 heterocycles. The fourth-order valence-electron chi connectivity index (χ4n) is 3.06. The van der Waals surface area contributed by atoms with Crippen molar-refractivity contribution in [3.8, 4) is 5.75 Å². The summed E-state index contributed by atoms with van der Waals surface area (Å²) in [6.07, 6.45) is 3.99. The third kappa shape index (κ3) is 2.85. The van der Waals surface area contributed by atoms with Gasteiger partial charge in [0.2, 0.25) is 0 Å². The van der Waals surface area contributed by atoms with Gasteiger partial charge in [-0.15, -0.1) is 0 Å². The standard InChI is InChI=1S/C19H20O2/c1-13-6-9-19(21-2)17(10-13)18(20)12-14-7-8-15-4-3-5-16(15)11-14/h6-11H,3-5,12H2,1-2H3. The van der Waals surface area contributed by atoms with Gasteiger partial charge in [0.25, 0.3) is 0 Å². The monoisotopic (exact) mass is 280 g/mol. The van der Waals surface area contributed by atoms with Gasteiger partial charge in [0.15, 0.2) is 5.78 Å². The molecule has 0 aromatic heterocycles. The summed E-state index contributed by atoms with van der Waals surface area (Å²) in [6, 6.07) is 12.2. The van der Waals surface area contributed by atoms with E-state index >= 15 is 0 Å². The Morgan fingerprint density at radius 3 is 2.71 bits per heavy atom. The molecule has 0 amide bonds. The number of carbonyl (C=O) groups is 1. The van der Waals surface area contributed by atoms with Crippen LogP contribution in [-0.2, 0) is 19.3 Å². The van der Waals surface area contributed by atoms with Crippen LogP contribution < -0.4 is 4.74 Å². The van der Waals surface area contributed by atoms with Gasteiger partial charge in [0.05, 0.1) is 12.7 Å². The van der Waals surface area contributed by atoms with Crippen molar-refractivity contribution in [3.63, 3.8) is 0 Å². The van der Waals surface area contributed by atoms with Gasteiger partial charge >= 0.3 is 0 Å². The summed E-state index contributed by atoms with van der Waals surface area (Å²) in [7, 11) is 1.61. The molecule has 108 valence electrons. The summed E-state index contributed by atoms with van der Waals surface area (Å²) in [6.45, 7) is 1.99. The molecular weight excluding hydrogens is 260 g/mol. The number of benzene rings is 2. The molecule has 0 fully saturated rings. The average molecular weight is 280 g/mol. The second kappa shape index (κ2) is 5.72. The average Bonchev–Trinajstić information content (AvgIpc) is 2.94. The number of fused-ring (bicyclic) bond motifs is 1. The molecule has 2 heteroatoms. The number of ketones is 1. The SMILES string of the molecule is COc1ccc(C)cc1C(=O)Cc1ccc2c(c1)CCC2. The van der Waals surface area contributed by atoms with Gasteiger partial charge in [-0.25, -0.2) is 0 Å². The Labute approximate surface area is 125 Å². The van der Waals surface area contributed by atoms with Crippen molar-refractivity contribution in [2.24, 2.45) is 0 Å². The maximum Gasteiger partial charge on any atom is 0.170 e. The molecule has 0 atom stereocenters. The van der Waals surface area contributed by atoms with Crippen molar-refractivity contribution in [3.05, 3.63) is 64.2 Å². The molecule has 2 nitrogen and oxygen atoms in total. The summed E-state index contributed by atoms with van der Waals surface area (Å²) in [4.78, 5) is 12.6. The van der Waals surface area contributed by atoms with Gasteiger partial charge in [0, 0.05) is 6.42 Å². The number of hydrogen-bond donors (Lipinski definition) is 0. The first kappa shape index (κ1) is 13.9. The molecule has 0 radical (unpaired) electrons. The van der Waals surface area contributed by atoms with Gasteiger partial charge in [-0.1, -0.05) is 29.8 Å². The number of aryl methyl sites for hydroxylation is 3. The highest BCUT2D eigenvalue weighted by molar-refractivity contribution is 6.00. The Morgan fingerprint density at radius 1 is 1.10 bits per heavy atom. The first-order valence-electron chi connectivity index (χ1n) is 7.46. The minimum absolute atomic E-state index is 0.119. The number of carbonyl (C=O) groups excluding carboxylic acids is 1. The van der Waals surface area contributed by atoms with Gasteiger partial charge in [-0.3, -0.25) is 4.79 Å². The number of hydrogen-bond acceptors (Lipinski definition) is 2. The molecule has 3 rings (SSSR count). The molecule has 0 saturated heterocycles. The minimum Gasteiger partial charge on any atom is -0.496 e. The van der Waals surface area contributed by atoms with Crippen molar-refractivity contribution in [1.29, 1.82) is 0 Å². The van der Waals surface area contributed by atoms with Crippen LogP contribution in [0, 0.1) is 6.92 Å². The molecule has 0 saturated carbocycles. The van der Waals surface area contributed by atoms with Crippen molar-refractivity contribution < 1.29 is 9.53 Å². The van der Waals surface area contributed by atoms with Crippen LogP contribution in [0.15, 0.2) is 36.4 Å². The minimum atomic E-state index is 0.119. The summed E-state index contributed by atoms with van der Waals surface area (Å²) in [5.41, 5.74) is 5.71. The Bertz CT molecular complexity index is 686. The number of methoxy groups -OCH3 is 1. The van der Waals surface area contributed by atoms with E-state index in [1.165, 1.54) is 24.0 Å². The molecule has 0 unspecified atom stereocenters. The first-order chi connectivity index (χ1) is 10.2. The molecular formula is C19H20O2. The highest BCUT2D eigenvalue weighted by atomic mass is 16.5. The first-order valence-corrected chi connectivity index (χ1v) is 7.46. The van der Waals surface area contributed by atoms with Gasteiger partial charge < -0.3 is 4.74 Å².